The highest BCUT2D eigenvalue weighted by Gasteiger charge is 2.55. The van der Waals surface area contributed by atoms with Crippen LogP contribution < -0.4 is 10.2 Å². The minimum absolute atomic E-state index is 0.287. The molecule has 1 aliphatic heterocycles. The number of imide groups is 1. The molecule has 4 heteroatoms. The minimum Gasteiger partial charge on any atom is -0.307 e. The van der Waals surface area contributed by atoms with Crippen molar-refractivity contribution in [1.82, 2.24) is 0 Å². The lowest BCUT2D eigenvalue weighted by Gasteiger charge is -2.30. The molecular weight excluding hydrogens is 408 g/mol. The fourth-order valence-electron chi connectivity index (χ4n) is 4.66. The van der Waals surface area contributed by atoms with Gasteiger partial charge in [0.2, 0.25) is 0 Å². The molecule has 0 saturated carbocycles. The number of hydrogen-bond acceptors (Lipinski definition) is 2. The quantitative estimate of drug-likeness (QED) is 0.418. The third kappa shape index (κ3) is 3.31. The summed E-state index contributed by atoms with van der Waals surface area (Å²) in [6.07, 6.45) is 0. The molecule has 0 atom stereocenters. The van der Waals surface area contributed by atoms with Crippen LogP contribution in [0.25, 0.3) is 0 Å². The van der Waals surface area contributed by atoms with E-state index in [1.54, 1.807) is 0 Å². The molecule has 3 amide bonds. The highest BCUT2D eigenvalue weighted by Crippen LogP contribution is 2.50. The summed E-state index contributed by atoms with van der Waals surface area (Å²) in [6.45, 7) is 3.99. The van der Waals surface area contributed by atoms with E-state index in [4.69, 9.17) is 0 Å². The van der Waals surface area contributed by atoms with E-state index in [2.05, 4.69) is 5.32 Å². The topological polar surface area (TPSA) is 49.4 Å². The smallest absolute Gasteiger partial charge is 0.307 e. The van der Waals surface area contributed by atoms with Gasteiger partial charge in [0.25, 0.3) is 5.91 Å². The van der Waals surface area contributed by atoms with Crippen molar-refractivity contribution in [1.29, 1.82) is 0 Å². The van der Waals surface area contributed by atoms with Crippen molar-refractivity contribution in [2.75, 3.05) is 10.2 Å². The molecule has 162 valence electrons. The van der Waals surface area contributed by atoms with E-state index in [-0.39, 0.29) is 5.91 Å². The first-order chi connectivity index (χ1) is 16.0. The van der Waals surface area contributed by atoms with Gasteiger partial charge >= 0.3 is 6.03 Å². The summed E-state index contributed by atoms with van der Waals surface area (Å²) in [5, 5.41) is 2.90. The number of nitrogens with one attached hydrogen (secondary N) is 1. The van der Waals surface area contributed by atoms with Gasteiger partial charge in [0.05, 0.1) is 5.69 Å². The first kappa shape index (κ1) is 20.7. The van der Waals surface area contributed by atoms with Crippen LogP contribution in [0.5, 0.6) is 0 Å². The summed E-state index contributed by atoms with van der Waals surface area (Å²) in [5.41, 5.74) is 4.72. The van der Waals surface area contributed by atoms with Crippen LogP contribution in [0.2, 0.25) is 0 Å². The normalized spacial score (nSPS) is 14.1. The summed E-state index contributed by atoms with van der Waals surface area (Å²) < 4.78 is 0. The molecule has 5 rings (SSSR count). The standard InChI is InChI=1S/C29H24N2O2/c1-20-13-16-24(17-14-20)30-28(33)31-26-18-15-21(2)19-25(26)29(27(31)32,22-9-5-3-6-10-22)23-11-7-4-8-12-23/h3-19H,1-2H3,(H,30,33). The molecule has 0 radical (unpaired) electrons. The van der Waals surface area contributed by atoms with Crippen LogP contribution in [-0.2, 0) is 10.2 Å². The monoisotopic (exact) mass is 432 g/mol. The van der Waals surface area contributed by atoms with Gasteiger partial charge in [0, 0.05) is 11.3 Å². The molecule has 0 saturated heterocycles. The molecule has 4 aromatic rings. The number of hydrogen-bond donors (Lipinski definition) is 1. The van der Waals surface area contributed by atoms with E-state index in [1.807, 2.05) is 117 Å². The zero-order valence-electron chi connectivity index (χ0n) is 18.6. The second-order valence-electron chi connectivity index (χ2n) is 8.44. The Bertz CT molecular complexity index is 1290. The second-order valence-corrected chi connectivity index (χ2v) is 8.44. The summed E-state index contributed by atoms with van der Waals surface area (Å²) in [7, 11) is 0. The molecule has 4 aromatic carbocycles. The lowest BCUT2D eigenvalue weighted by molar-refractivity contribution is -0.120. The number of rotatable bonds is 3. The van der Waals surface area contributed by atoms with Gasteiger partial charge in [0.1, 0.15) is 5.41 Å². The van der Waals surface area contributed by atoms with Crippen LogP contribution in [0, 0.1) is 13.8 Å². The summed E-state index contributed by atoms with van der Waals surface area (Å²) in [6, 6.07) is 32.3. The Hall–Kier alpha value is -4.18. The molecule has 1 N–H and O–H groups in total. The van der Waals surface area contributed by atoms with Crippen LogP contribution in [0.1, 0.15) is 27.8 Å². The van der Waals surface area contributed by atoms with Gasteiger partial charge in [-0.3, -0.25) is 4.79 Å². The fraction of sp³-hybridized carbons (Fsp3) is 0.103. The number of nitrogens with zero attached hydrogens (tertiary/aromatic N) is 1. The Labute approximate surface area is 193 Å². The highest BCUT2D eigenvalue weighted by molar-refractivity contribution is 6.27. The van der Waals surface area contributed by atoms with E-state index in [0.717, 1.165) is 27.8 Å². The Morgan fingerprint density at radius 1 is 0.727 bits per heavy atom. The Morgan fingerprint density at radius 2 is 1.27 bits per heavy atom. The summed E-state index contributed by atoms with van der Waals surface area (Å²) in [5.74, 6) is -0.287. The maximum Gasteiger partial charge on any atom is 0.333 e. The number of urea groups is 1. The number of fused-ring (bicyclic) bond motifs is 1. The molecule has 33 heavy (non-hydrogen) atoms. The van der Waals surface area contributed by atoms with Gasteiger partial charge in [-0.25, -0.2) is 9.69 Å². The van der Waals surface area contributed by atoms with Crippen molar-refractivity contribution in [2.45, 2.75) is 19.3 Å². The lowest BCUT2D eigenvalue weighted by Crippen LogP contribution is -2.46. The maximum absolute atomic E-state index is 14.3. The van der Waals surface area contributed by atoms with Crippen LogP contribution in [-0.4, -0.2) is 11.9 Å². The third-order valence-corrected chi connectivity index (χ3v) is 6.24. The van der Waals surface area contributed by atoms with Crippen molar-refractivity contribution in [2.24, 2.45) is 0 Å². The van der Waals surface area contributed by atoms with Crippen molar-refractivity contribution in [3.63, 3.8) is 0 Å². The fourth-order valence-corrected chi connectivity index (χ4v) is 4.66. The van der Waals surface area contributed by atoms with Crippen molar-refractivity contribution in [3.05, 3.63) is 131 Å². The van der Waals surface area contributed by atoms with Crippen molar-refractivity contribution in [3.8, 4) is 0 Å². The van der Waals surface area contributed by atoms with Crippen LogP contribution in [0.3, 0.4) is 0 Å². The van der Waals surface area contributed by atoms with Crippen molar-refractivity contribution < 1.29 is 9.59 Å². The molecule has 4 nitrogen and oxygen atoms in total. The Morgan fingerprint density at radius 3 is 1.85 bits per heavy atom. The maximum atomic E-state index is 14.3. The molecule has 0 fully saturated rings. The molecule has 0 spiro atoms. The molecule has 0 bridgehead atoms. The molecule has 1 heterocycles. The molecular formula is C29H24N2O2. The van der Waals surface area contributed by atoms with Gasteiger partial charge < -0.3 is 5.32 Å². The largest absolute Gasteiger partial charge is 0.333 e. The number of carbonyl (C=O) groups excluding carboxylic acids is 2. The number of carbonyl (C=O) groups is 2. The molecule has 0 aliphatic carbocycles. The average Bonchev–Trinajstić information content (AvgIpc) is 3.10. The van der Waals surface area contributed by atoms with E-state index in [9.17, 15) is 9.59 Å². The van der Waals surface area contributed by atoms with Crippen LogP contribution >= 0.6 is 0 Å². The van der Waals surface area contributed by atoms with Crippen LogP contribution in [0.4, 0.5) is 16.2 Å². The van der Waals surface area contributed by atoms with Gasteiger partial charge in [-0.1, -0.05) is 96.1 Å². The van der Waals surface area contributed by atoms with E-state index in [1.165, 1.54) is 4.90 Å². The zero-order valence-corrected chi connectivity index (χ0v) is 18.6. The molecule has 0 aromatic heterocycles. The van der Waals surface area contributed by atoms with E-state index >= 15 is 0 Å². The number of benzene rings is 4. The highest BCUT2D eigenvalue weighted by atomic mass is 16.2. The van der Waals surface area contributed by atoms with E-state index < -0.39 is 11.4 Å². The predicted octanol–water partition coefficient (Wildman–Crippen LogP) is 6.22. The predicted molar refractivity (Wildman–Crippen MR) is 132 cm³/mol. The number of aryl methyl sites for hydroxylation is 2. The molecule has 1 aliphatic rings. The SMILES string of the molecule is Cc1ccc(NC(=O)N2C(=O)C(c3ccccc3)(c3ccccc3)c3cc(C)ccc32)cc1. The minimum atomic E-state index is -1.12. The average molecular weight is 433 g/mol. The van der Waals surface area contributed by atoms with Gasteiger partial charge in [-0.05, 0) is 43.2 Å². The zero-order chi connectivity index (χ0) is 23.0. The van der Waals surface area contributed by atoms with Crippen molar-refractivity contribution >= 4 is 23.3 Å². The summed E-state index contributed by atoms with van der Waals surface area (Å²) in [4.78, 5) is 29.1. The first-order valence-corrected chi connectivity index (χ1v) is 11.0. The van der Waals surface area contributed by atoms with Gasteiger partial charge in [0.15, 0.2) is 0 Å². The number of amides is 3. The van der Waals surface area contributed by atoms with E-state index in [0.29, 0.717) is 11.4 Å². The Kier molecular flexibility index (Phi) is 5.06. The lowest BCUT2D eigenvalue weighted by atomic mass is 9.70. The number of anilines is 2. The summed E-state index contributed by atoms with van der Waals surface area (Å²) >= 11 is 0. The molecule has 0 unspecified atom stereocenters. The Balaban J connectivity index is 1.71. The second kappa shape index (κ2) is 8.06. The first-order valence-electron chi connectivity index (χ1n) is 11.0. The van der Waals surface area contributed by atoms with Gasteiger partial charge in [-0.15, -0.1) is 0 Å². The van der Waals surface area contributed by atoms with Crippen LogP contribution in [0.15, 0.2) is 103 Å². The van der Waals surface area contributed by atoms with Gasteiger partial charge in [-0.2, -0.15) is 0 Å². The third-order valence-electron chi connectivity index (χ3n) is 6.24.